The molecule has 7 aromatic carbocycles. The number of hydrogen-bond acceptors (Lipinski definition) is 3. The van der Waals surface area contributed by atoms with Crippen molar-refractivity contribution in [1.82, 2.24) is 19.5 Å². The number of hydrogen-bond donors (Lipinski definition) is 0. The maximum Gasteiger partial charge on any atom is 0.160 e. The summed E-state index contributed by atoms with van der Waals surface area (Å²) in [5.74, 6) is 0.682. The van der Waals surface area contributed by atoms with Crippen LogP contribution < -0.4 is 0 Å². The third-order valence-corrected chi connectivity index (χ3v) is 10.3. The normalized spacial score (nSPS) is 11.3. The van der Waals surface area contributed by atoms with Gasteiger partial charge >= 0.3 is 0 Å². The minimum Gasteiger partial charge on any atom is -0.309 e. The lowest BCUT2D eigenvalue weighted by Gasteiger charge is -2.15. The zero-order valence-corrected chi connectivity index (χ0v) is 29.9. The first-order valence-corrected chi connectivity index (χ1v) is 18.5. The Morgan fingerprint density at radius 3 is 1.53 bits per heavy atom. The van der Waals surface area contributed by atoms with Crippen molar-refractivity contribution in [2.24, 2.45) is 0 Å². The Balaban J connectivity index is 1.18. The molecule has 258 valence electrons. The van der Waals surface area contributed by atoms with Crippen LogP contribution in [0.25, 0.3) is 94.8 Å². The predicted octanol–water partition coefficient (Wildman–Crippen LogP) is 13.0. The highest BCUT2D eigenvalue weighted by molar-refractivity contribution is 6.10. The Labute approximate surface area is 319 Å². The smallest absolute Gasteiger partial charge is 0.160 e. The van der Waals surface area contributed by atoms with Crippen LogP contribution in [0.3, 0.4) is 0 Å². The second-order valence-electron chi connectivity index (χ2n) is 13.7. The summed E-state index contributed by atoms with van der Waals surface area (Å²) >= 11 is 0. The quantitative estimate of drug-likeness (QED) is 0.166. The summed E-state index contributed by atoms with van der Waals surface area (Å²) in [4.78, 5) is 14.7. The van der Waals surface area contributed by atoms with E-state index in [4.69, 9.17) is 9.97 Å². The van der Waals surface area contributed by atoms with Gasteiger partial charge in [0.1, 0.15) is 0 Å². The summed E-state index contributed by atoms with van der Waals surface area (Å²) in [5.41, 5.74) is 15.0. The molecule has 0 aliphatic rings. The van der Waals surface area contributed by atoms with Gasteiger partial charge in [-0.3, -0.25) is 4.98 Å². The molecule has 0 radical (unpaired) electrons. The van der Waals surface area contributed by atoms with Crippen molar-refractivity contribution in [2.75, 3.05) is 0 Å². The van der Waals surface area contributed by atoms with Gasteiger partial charge in [0.2, 0.25) is 0 Å². The molecule has 0 spiro atoms. The van der Waals surface area contributed by atoms with Crippen LogP contribution in [0.4, 0.5) is 0 Å². The Hall–Kier alpha value is -7.43. The number of rotatable bonds is 7. The zero-order chi connectivity index (χ0) is 36.6. The second-order valence-corrected chi connectivity index (χ2v) is 13.7. The van der Waals surface area contributed by atoms with E-state index >= 15 is 0 Å². The van der Waals surface area contributed by atoms with Crippen molar-refractivity contribution in [1.29, 1.82) is 0 Å². The molecule has 4 heteroatoms. The van der Waals surface area contributed by atoms with E-state index in [1.165, 1.54) is 33.0 Å². The van der Waals surface area contributed by atoms with E-state index in [0.717, 1.165) is 55.9 Å². The first-order chi connectivity index (χ1) is 27.2. The Bertz CT molecular complexity index is 2940. The Morgan fingerprint density at radius 1 is 0.309 bits per heavy atom. The van der Waals surface area contributed by atoms with Crippen LogP contribution in [0.15, 0.2) is 207 Å². The van der Waals surface area contributed by atoms with Gasteiger partial charge in [-0.15, -0.1) is 0 Å². The van der Waals surface area contributed by atoms with Crippen molar-refractivity contribution < 1.29 is 0 Å². The highest BCUT2D eigenvalue weighted by atomic mass is 15.0. The molecule has 0 saturated heterocycles. The predicted molar refractivity (Wildman–Crippen MR) is 227 cm³/mol. The SMILES string of the molecule is c1ccc(-c2ccc(-c3cc(-c4cc(-c5ccncc5)cc(-n5c6ccccc6c6cc(-c7ccccc7)ccc65)c4)nc(-c4ccccc4)n3)cc2)cc1. The van der Waals surface area contributed by atoms with E-state index in [9.17, 15) is 0 Å². The van der Waals surface area contributed by atoms with Gasteiger partial charge in [-0.1, -0.05) is 140 Å². The van der Waals surface area contributed by atoms with Crippen molar-refractivity contribution in [2.45, 2.75) is 0 Å². The van der Waals surface area contributed by atoms with E-state index in [1.54, 1.807) is 0 Å². The average molecular weight is 703 g/mol. The van der Waals surface area contributed by atoms with Crippen molar-refractivity contribution in [3.8, 4) is 73.0 Å². The molecular weight excluding hydrogens is 669 g/mol. The van der Waals surface area contributed by atoms with E-state index in [0.29, 0.717) is 5.82 Å². The fourth-order valence-electron chi connectivity index (χ4n) is 7.58. The van der Waals surface area contributed by atoms with Gasteiger partial charge in [0, 0.05) is 45.5 Å². The molecular formula is C51H34N4. The molecule has 3 heterocycles. The molecule has 0 aliphatic heterocycles. The lowest BCUT2D eigenvalue weighted by Crippen LogP contribution is -1.99. The highest BCUT2D eigenvalue weighted by Gasteiger charge is 2.17. The molecule has 55 heavy (non-hydrogen) atoms. The van der Waals surface area contributed by atoms with E-state index in [1.807, 2.05) is 36.7 Å². The summed E-state index contributed by atoms with van der Waals surface area (Å²) < 4.78 is 2.39. The Kier molecular flexibility index (Phi) is 8.12. The van der Waals surface area contributed by atoms with E-state index in [-0.39, 0.29) is 0 Å². The van der Waals surface area contributed by atoms with Crippen LogP contribution in [0, 0.1) is 0 Å². The minimum absolute atomic E-state index is 0.682. The molecule has 0 saturated carbocycles. The van der Waals surface area contributed by atoms with E-state index < -0.39 is 0 Å². The average Bonchev–Trinajstić information content (AvgIpc) is 3.61. The molecule has 0 unspecified atom stereocenters. The molecule has 0 amide bonds. The molecule has 0 aliphatic carbocycles. The summed E-state index contributed by atoms with van der Waals surface area (Å²) in [6.45, 7) is 0. The first-order valence-electron chi connectivity index (χ1n) is 18.5. The summed E-state index contributed by atoms with van der Waals surface area (Å²) in [6, 6.07) is 68.5. The summed E-state index contributed by atoms with van der Waals surface area (Å²) in [6.07, 6.45) is 3.70. The topological polar surface area (TPSA) is 43.6 Å². The third kappa shape index (κ3) is 6.16. The van der Waals surface area contributed by atoms with Crippen LogP contribution in [-0.2, 0) is 0 Å². The van der Waals surface area contributed by atoms with Crippen LogP contribution >= 0.6 is 0 Å². The van der Waals surface area contributed by atoms with Gasteiger partial charge < -0.3 is 4.57 Å². The summed E-state index contributed by atoms with van der Waals surface area (Å²) in [5, 5.41) is 2.42. The fraction of sp³-hybridized carbons (Fsp3) is 0. The van der Waals surface area contributed by atoms with Gasteiger partial charge in [0.25, 0.3) is 0 Å². The lowest BCUT2D eigenvalue weighted by molar-refractivity contribution is 1.16. The zero-order valence-electron chi connectivity index (χ0n) is 29.9. The first kappa shape index (κ1) is 32.2. The molecule has 4 nitrogen and oxygen atoms in total. The molecule has 0 atom stereocenters. The molecule has 0 fully saturated rings. The number of pyridine rings is 1. The number of para-hydroxylation sites is 1. The van der Waals surface area contributed by atoms with E-state index in [2.05, 4.69) is 179 Å². The minimum atomic E-state index is 0.682. The number of nitrogens with zero attached hydrogens (tertiary/aromatic N) is 4. The molecule has 10 aromatic rings. The van der Waals surface area contributed by atoms with Crippen LogP contribution in [-0.4, -0.2) is 19.5 Å². The molecule has 10 rings (SSSR count). The van der Waals surface area contributed by atoms with Gasteiger partial charge in [-0.2, -0.15) is 0 Å². The molecule has 3 aromatic heterocycles. The largest absolute Gasteiger partial charge is 0.309 e. The third-order valence-electron chi connectivity index (χ3n) is 10.3. The van der Waals surface area contributed by atoms with Gasteiger partial charge in [0.05, 0.1) is 22.4 Å². The monoisotopic (exact) mass is 702 g/mol. The number of benzene rings is 7. The van der Waals surface area contributed by atoms with Gasteiger partial charge in [-0.05, 0) is 88.0 Å². The van der Waals surface area contributed by atoms with Crippen molar-refractivity contribution in [3.05, 3.63) is 207 Å². The number of fused-ring (bicyclic) bond motifs is 3. The van der Waals surface area contributed by atoms with Crippen molar-refractivity contribution >= 4 is 21.8 Å². The van der Waals surface area contributed by atoms with Gasteiger partial charge in [-0.25, -0.2) is 9.97 Å². The fourth-order valence-corrected chi connectivity index (χ4v) is 7.58. The van der Waals surface area contributed by atoms with Crippen LogP contribution in [0.5, 0.6) is 0 Å². The van der Waals surface area contributed by atoms with Crippen molar-refractivity contribution in [3.63, 3.8) is 0 Å². The maximum atomic E-state index is 5.26. The van der Waals surface area contributed by atoms with Crippen LogP contribution in [0.1, 0.15) is 0 Å². The second kappa shape index (κ2) is 13.8. The summed E-state index contributed by atoms with van der Waals surface area (Å²) in [7, 11) is 0. The van der Waals surface area contributed by atoms with Crippen LogP contribution in [0.2, 0.25) is 0 Å². The number of aromatic nitrogens is 4. The Morgan fingerprint density at radius 2 is 0.818 bits per heavy atom. The molecule has 0 bridgehead atoms. The molecule has 0 N–H and O–H groups in total. The standard InChI is InChI=1S/C51H34N4/c1-4-12-35(13-5-1)37-20-22-39(23-21-37)47-34-48(54-51(53-47)40-16-8-3-9-17-40)43-30-42(38-26-28-52-29-27-38)31-44(32-43)55-49-19-11-10-18-45(49)46-33-41(24-25-50(46)55)36-14-6-2-7-15-36/h1-34H. The van der Waals surface area contributed by atoms with Gasteiger partial charge in [0.15, 0.2) is 5.82 Å². The highest BCUT2D eigenvalue weighted by Crippen LogP contribution is 2.38. The lowest BCUT2D eigenvalue weighted by atomic mass is 9.99. The maximum absolute atomic E-state index is 5.26.